The molecule has 8 nitrogen and oxygen atoms in total. The average molecular weight is 465 g/mol. The van der Waals surface area contributed by atoms with E-state index in [0.29, 0.717) is 37.5 Å². The highest BCUT2D eigenvalue weighted by molar-refractivity contribution is 5.92. The molecule has 1 aromatic heterocycles. The topological polar surface area (TPSA) is 103 Å². The first-order valence-electron chi connectivity index (χ1n) is 12.3. The molecule has 4 rings (SSSR count). The number of amides is 1. The van der Waals surface area contributed by atoms with E-state index >= 15 is 0 Å². The minimum atomic E-state index is -0.748. The van der Waals surface area contributed by atoms with Crippen LogP contribution in [0, 0.1) is 22.7 Å². The van der Waals surface area contributed by atoms with Crippen LogP contribution in [0.5, 0.6) is 0 Å². The number of fused-ring (bicyclic) bond motifs is 1. The molecule has 0 bridgehead atoms. The molecule has 8 heteroatoms. The van der Waals surface area contributed by atoms with E-state index in [1.807, 2.05) is 24.3 Å². The van der Waals surface area contributed by atoms with E-state index in [0.717, 1.165) is 36.8 Å². The molecule has 1 aliphatic heterocycles. The zero-order valence-electron chi connectivity index (χ0n) is 20.7. The van der Waals surface area contributed by atoms with Gasteiger partial charge in [0.25, 0.3) is 0 Å². The van der Waals surface area contributed by atoms with Crippen molar-refractivity contribution in [3.63, 3.8) is 0 Å². The zero-order valence-corrected chi connectivity index (χ0v) is 20.7. The Morgan fingerprint density at radius 3 is 2.56 bits per heavy atom. The van der Waals surface area contributed by atoms with Gasteiger partial charge in [0, 0.05) is 11.9 Å². The van der Waals surface area contributed by atoms with Gasteiger partial charge in [-0.15, -0.1) is 0 Å². The number of nitriles is 1. The smallest absolute Gasteiger partial charge is 0.350 e. The molecule has 1 aliphatic carbocycles. The van der Waals surface area contributed by atoms with Gasteiger partial charge in [0.15, 0.2) is 0 Å². The lowest BCUT2D eigenvalue weighted by molar-refractivity contribution is -0.123. The summed E-state index contributed by atoms with van der Waals surface area (Å²) in [5.41, 5.74) is -0.362. The largest absolute Gasteiger partial charge is 0.358 e. The number of piperidine rings is 1. The molecule has 1 saturated heterocycles. The van der Waals surface area contributed by atoms with Crippen molar-refractivity contribution in [2.75, 3.05) is 25.5 Å². The first-order valence-corrected chi connectivity index (χ1v) is 12.3. The summed E-state index contributed by atoms with van der Waals surface area (Å²) in [4.78, 5) is 33.1. The van der Waals surface area contributed by atoms with E-state index in [2.05, 4.69) is 54.4 Å². The van der Waals surface area contributed by atoms with Gasteiger partial charge in [-0.2, -0.15) is 10.2 Å². The van der Waals surface area contributed by atoms with Gasteiger partial charge >= 0.3 is 5.69 Å². The molecule has 1 atom stereocenters. The van der Waals surface area contributed by atoms with Crippen LogP contribution >= 0.6 is 0 Å². The maximum absolute atomic E-state index is 13.2. The number of carbonyl (C=O) groups excluding carboxylic acids is 1. The quantitative estimate of drug-likeness (QED) is 0.653. The Morgan fingerprint density at radius 1 is 1.26 bits per heavy atom. The molecule has 1 saturated carbocycles. The first-order chi connectivity index (χ1) is 16.1. The maximum Gasteiger partial charge on any atom is 0.350 e. The summed E-state index contributed by atoms with van der Waals surface area (Å²) in [6, 6.07) is 9.36. The van der Waals surface area contributed by atoms with Crippen LogP contribution in [0.3, 0.4) is 0 Å². The highest BCUT2D eigenvalue weighted by atomic mass is 16.2. The molecule has 1 aromatic carbocycles. The molecule has 1 amide bonds. The first kappa shape index (κ1) is 24.2. The van der Waals surface area contributed by atoms with Crippen LogP contribution in [-0.2, 0) is 11.3 Å². The number of nitrogens with one attached hydrogen (secondary N) is 2. The number of likely N-dealkylation sites (tertiary alicyclic amines) is 1. The van der Waals surface area contributed by atoms with E-state index in [1.54, 1.807) is 4.57 Å². The lowest BCUT2D eigenvalue weighted by Gasteiger charge is -2.30. The normalized spacial score (nSPS) is 19.4. The van der Waals surface area contributed by atoms with Crippen LogP contribution in [-0.4, -0.2) is 52.1 Å². The van der Waals surface area contributed by atoms with Crippen molar-refractivity contribution >= 4 is 22.6 Å². The number of carbonyl (C=O) groups is 1. The van der Waals surface area contributed by atoms with Crippen molar-refractivity contribution in [3.05, 3.63) is 34.7 Å². The maximum atomic E-state index is 13.2. The molecule has 0 unspecified atom stereocenters. The number of para-hydroxylation sites is 1. The second-order valence-electron chi connectivity index (χ2n) is 11.3. The highest BCUT2D eigenvalue weighted by Crippen LogP contribution is 2.35. The van der Waals surface area contributed by atoms with Crippen molar-refractivity contribution < 1.29 is 4.79 Å². The van der Waals surface area contributed by atoms with Crippen molar-refractivity contribution in [1.82, 2.24) is 19.8 Å². The molecule has 2 aliphatic rings. The second kappa shape index (κ2) is 9.38. The molecule has 34 heavy (non-hydrogen) atoms. The number of nitrogens with zero attached hydrogens (tertiary/aromatic N) is 4. The van der Waals surface area contributed by atoms with Crippen molar-refractivity contribution in [3.8, 4) is 6.07 Å². The SMILES string of the molecule is CN1CCC(Cn2c(=O)nc(N[C@@H](CC(C)(C)C)C(=O)NC3(C#N)CC3)c3ccccc32)CC1. The lowest BCUT2D eigenvalue weighted by Crippen LogP contribution is -2.47. The summed E-state index contributed by atoms with van der Waals surface area (Å²) in [6.07, 6.45) is 4.00. The Balaban J connectivity index is 1.64. The van der Waals surface area contributed by atoms with Crippen LogP contribution in [0.1, 0.15) is 52.9 Å². The van der Waals surface area contributed by atoms with Crippen LogP contribution in [0.15, 0.2) is 29.1 Å². The number of aromatic nitrogens is 2. The summed E-state index contributed by atoms with van der Waals surface area (Å²) in [5.74, 6) is 0.639. The Kier molecular flexibility index (Phi) is 6.68. The Hall–Kier alpha value is -2.92. The fourth-order valence-electron chi connectivity index (χ4n) is 4.72. The van der Waals surface area contributed by atoms with Gasteiger partial charge in [-0.05, 0) is 75.7 Å². The summed E-state index contributed by atoms with van der Waals surface area (Å²) < 4.78 is 1.78. The minimum Gasteiger partial charge on any atom is -0.358 e. The molecule has 2 N–H and O–H groups in total. The van der Waals surface area contributed by atoms with Crippen molar-refractivity contribution in [2.24, 2.45) is 11.3 Å². The molecule has 2 heterocycles. The van der Waals surface area contributed by atoms with Crippen LogP contribution in [0.4, 0.5) is 5.82 Å². The predicted octanol–water partition coefficient (Wildman–Crippen LogP) is 3.13. The van der Waals surface area contributed by atoms with E-state index in [4.69, 9.17) is 0 Å². The van der Waals surface area contributed by atoms with Gasteiger partial charge in [0.2, 0.25) is 5.91 Å². The van der Waals surface area contributed by atoms with Crippen LogP contribution in [0.25, 0.3) is 10.9 Å². The molecular weight excluding hydrogens is 428 g/mol. The van der Waals surface area contributed by atoms with E-state index in [9.17, 15) is 14.9 Å². The predicted molar refractivity (Wildman–Crippen MR) is 133 cm³/mol. The standard InChI is InChI=1S/C26H36N6O2/c1-25(2,3)15-20(23(33)30-26(17-27)11-12-26)28-22-19-7-5-6-8-21(19)32(24(34)29-22)16-18-9-13-31(4)14-10-18/h5-8,18,20H,9-16H2,1-4H3,(H,30,33)(H,28,29,34)/t20-/m0/s1. The Bertz CT molecular complexity index is 1150. The second-order valence-corrected chi connectivity index (χ2v) is 11.3. The summed E-state index contributed by atoms with van der Waals surface area (Å²) in [6.45, 7) is 8.93. The number of hydrogen-bond acceptors (Lipinski definition) is 6. The summed E-state index contributed by atoms with van der Waals surface area (Å²) in [7, 11) is 2.13. The molecule has 2 fully saturated rings. The highest BCUT2D eigenvalue weighted by Gasteiger charge is 2.46. The van der Waals surface area contributed by atoms with E-state index in [-0.39, 0.29) is 17.0 Å². The van der Waals surface area contributed by atoms with Gasteiger partial charge in [-0.3, -0.25) is 9.36 Å². The molecule has 182 valence electrons. The fourth-order valence-corrected chi connectivity index (χ4v) is 4.72. The third kappa shape index (κ3) is 5.58. The van der Waals surface area contributed by atoms with E-state index < -0.39 is 11.6 Å². The van der Waals surface area contributed by atoms with Gasteiger partial charge in [-0.25, -0.2) is 4.79 Å². The van der Waals surface area contributed by atoms with Crippen molar-refractivity contribution in [1.29, 1.82) is 5.26 Å². The average Bonchev–Trinajstić information content (AvgIpc) is 3.56. The third-order valence-corrected chi connectivity index (χ3v) is 6.94. The van der Waals surface area contributed by atoms with E-state index in [1.165, 1.54) is 0 Å². The van der Waals surface area contributed by atoms with Crippen LogP contribution < -0.4 is 16.3 Å². The third-order valence-electron chi connectivity index (χ3n) is 6.94. The number of benzene rings is 1. The van der Waals surface area contributed by atoms with Crippen LogP contribution in [0.2, 0.25) is 0 Å². The summed E-state index contributed by atoms with van der Waals surface area (Å²) >= 11 is 0. The van der Waals surface area contributed by atoms with Gasteiger partial charge in [-0.1, -0.05) is 32.9 Å². The number of rotatable bonds is 7. The Labute approximate surface area is 201 Å². The Morgan fingerprint density at radius 2 is 1.94 bits per heavy atom. The van der Waals surface area contributed by atoms with Gasteiger partial charge < -0.3 is 15.5 Å². The minimum absolute atomic E-state index is 0.142. The lowest BCUT2D eigenvalue weighted by atomic mass is 9.87. The van der Waals surface area contributed by atoms with Gasteiger partial charge in [0.1, 0.15) is 17.4 Å². The molecule has 0 spiro atoms. The zero-order chi connectivity index (χ0) is 24.5. The number of hydrogen-bond donors (Lipinski definition) is 2. The van der Waals surface area contributed by atoms with Gasteiger partial charge in [0.05, 0.1) is 11.6 Å². The fraction of sp³-hybridized carbons (Fsp3) is 0.615. The molecule has 2 aromatic rings. The molecule has 0 radical (unpaired) electrons. The monoisotopic (exact) mass is 464 g/mol. The molecular formula is C26H36N6O2. The number of anilines is 1. The summed E-state index contributed by atoms with van der Waals surface area (Å²) in [5, 5.41) is 16.4. The van der Waals surface area contributed by atoms with Crippen molar-refractivity contribution in [2.45, 2.75) is 71.0 Å².